The predicted octanol–water partition coefficient (Wildman–Crippen LogP) is 2.48. The molecule has 2 heterocycles. The van der Waals surface area contributed by atoms with Crippen molar-refractivity contribution in [3.63, 3.8) is 0 Å². The molecular weight excluding hydrogens is 266 g/mol. The number of hydrogen-bond donors (Lipinski definition) is 0. The molecule has 0 atom stereocenters. The molecule has 0 amide bonds. The number of likely N-dealkylation sites (tertiary alicyclic amines) is 1. The molecule has 1 aliphatic rings. The standard InChI is InChI=1S/C16H19N3O2/c20-14(13-7-3-1-4-8-13)11-16-17-15(18-21-16)12-19-9-5-2-6-10-19/h1,3-4,7-8H,2,5-6,9-12H2. The monoisotopic (exact) mass is 285 g/mol. The fraction of sp³-hybridized carbons (Fsp3) is 0.438. The Morgan fingerprint density at radius 2 is 1.90 bits per heavy atom. The molecule has 1 aromatic carbocycles. The summed E-state index contributed by atoms with van der Waals surface area (Å²) in [5, 5.41) is 3.98. The van der Waals surface area contributed by atoms with Crippen LogP contribution in [0, 0.1) is 0 Å². The number of aromatic nitrogens is 2. The number of carbonyl (C=O) groups excluding carboxylic acids is 1. The molecule has 3 rings (SSSR count). The third kappa shape index (κ3) is 3.76. The number of benzene rings is 1. The van der Waals surface area contributed by atoms with Crippen molar-refractivity contribution in [2.24, 2.45) is 0 Å². The molecule has 1 saturated heterocycles. The maximum absolute atomic E-state index is 12.1. The average Bonchev–Trinajstić information content (AvgIpc) is 2.96. The molecule has 5 nitrogen and oxygen atoms in total. The van der Waals surface area contributed by atoms with Crippen molar-refractivity contribution in [1.29, 1.82) is 0 Å². The fourth-order valence-electron chi connectivity index (χ4n) is 2.61. The van der Waals surface area contributed by atoms with Crippen LogP contribution in [0.4, 0.5) is 0 Å². The second-order valence-electron chi connectivity index (χ2n) is 5.41. The van der Waals surface area contributed by atoms with Crippen LogP contribution in [0.25, 0.3) is 0 Å². The smallest absolute Gasteiger partial charge is 0.234 e. The highest BCUT2D eigenvalue weighted by atomic mass is 16.5. The minimum absolute atomic E-state index is 0.00349. The van der Waals surface area contributed by atoms with Gasteiger partial charge in [0.25, 0.3) is 0 Å². The number of piperidine rings is 1. The number of Topliss-reactive ketones (excluding diaryl/α,β-unsaturated/α-hetero) is 1. The Hall–Kier alpha value is -2.01. The first-order valence-electron chi connectivity index (χ1n) is 7.43. The largest absolute Gasteiger partial charge is 0.339 e. The molecule has 0 aliphatic carbocycles. The van der Waals surface area contributed by atoms with Crippen molar-refractivity contribution in [2.45, 2.75) is 32.2 Å². The quantitative estimate of drug-likeness (QED) is 0.790. The van der Waals surface area contributed by atoms with E-state index < -0.39 is 0 Å². The number of ketones is 1. The molecule has 2 aromatic rings. The van der Waals surface area contributed by atoms with Gasteiger partial charge in [-0.3, -0.25) is 9.69 Å². The Morgan fingerprint density at radius 3 is 2.67 bits per heavy atom. The van der Waals surface area contributed by atoms with Crippen molar-refractivity contribution in [3.05, 3.63) is 47.6 Å². The molecule has 0 radical (unpaired) electrons. The van der Waals surface area contributed by atoms with Crippen LogP contribution in [0.1, 0.15) is 41.3 Å². The number of nitrogens with zero attached hydrogens (tertiary/aromatic N) is 3. The van der Waals surface area contributed by atoms with Gasteiger partial charge in [0, 0.05) is 5.56 Å². The molecule has 21 heavy (non-hydrogen) atoms. The summed E-state index contributed by atoms with van der Waals surface area (Å²) < 4.78 is 5.19. The van der Waals surface area contributed by atoms with Gasteiger partial charge in [-0.15, -0.1) is 0 Å². The van der Waals surface area contributed by atoms with Crippen LogP contribution >= 0.6 is 0 Å². The van der Waals surface area contributed by atoms with Gasteiger partial charge in [-0.05, 0) is 25.9 Å². The van der Waals surface area contributed by atoms with Crippen molar-refractivity contribution in [2.75, 3.05) is 13.1 Å². The van der Waals surface area contributed by atoms with Gasteiger partial charge >= 0.3 is 0 Å². The number of carbonyl (C=O) groups is 1. The summed E-state index contributed by atoms with van der Waals surface area (Å²) >= 11 is 0. The first-order valence-corrected chi connectivity index (χ1v) is 7.43. The summed E-state index contributed by atoms with van der Waals surface area (Å²) in [6.07, 6.45) is 3.94. The normalized spacial score (nSPS) is 16.0. The summed E-state index contributed by atoms with van der Waals surface area (Å²) in [5.41, 5.74) is 0.674. The van der Waals surface area contributed by atoms with Gasteiger partial charge in [-0.2, -0.15) is 4.98 Å². The van der Waals surface area contributed by atoms with Crippen LogP contribution in [-0.4, -0.2) is 33.9 Å². The topological polar surface area (TPSA) is 59.2 Å². The number of rotatable bonds is 5. The van der Waals surface area contributed by atoms with E-state index in [0.717, 1.165) is 13.1 Å². The van der Waals surface area contributed by atoms with Crippen molar-refractivity contribution >= 4 is 5.78 Å². The van der Waals surface area contributed by atoms with Crippen molar-refractivity contribution in [3.8, 4) is 0 Å². The van der Waals surface area contributed by atoms with Crippen LogP contribution in [0.15, 0.2) is 34.9 Å². The van der Waals surface area contributed by atoms with Crippen LogP contribution < -0.4 is 0 Å². The molecule has 0 saturated carbocycles. The Morgan fingerprint density at radius 1 is 1.14 bits per heavy atom. The summed E-state index contributed by atoms with van der Waals surface area (Å²) in [6.45, 7) is 2.89. The lowest BCUT2D eigenvalue weighted by Gasteiger charge is -2.24. The van der Waals surface area contributed by atoms with Gasteiger partial charge in [0.1, 0.15) is 0 Å². The van der Waals surface area contributed by atoms with Gasteiger partial charge in [-0.25, -0.2) is 0 Å². The molecule has 1 aromatic heterocycles. The average molecular weight is 285 g/mol. The van der Waals surface area contributed by atoms with Gasteiger partial charge in [0.15, 0.2) is 11.6 Å². The molecule has 0 N–H and O–H groups in total. The molecule has 1 aliphatic heterocycles. The molecule has 0 spiro atoms. The highest BCUT2D eigenvalue weighted by molar-refractivity contribution is 5.96. The summed E-state index contributed by atoms with van der Waals surface area (Å²) in [5.74, 6) is 1.08. The van der Waals surface area contributed by atoms with E-state index in [-0.39, 0.29) is 12.2 Å². The first kappa shape index (κ1) is 13.9. The maximum Gasteiger partial charge on any atom is 0.234 e. The van der Waals surface area contributed by atoms with E-state index in [1.54, 1.807) is 12.1 Å². The Bertz CT molecular complexity index is 589. The zero-order valence-corrected chi connectivity index (χ0v) is 12.0. The van der Waals surface area contributed by atoms with Crippen LogP contribution in [0.2, 0.25) is 0 Å². The second kappa shape index (κ2) is 6.63. The number of hydrogen-bond acceptors (Lipinski definition) is 5. The van der Waals surface area contributed by atoms with Gasteiger partial charge in [0.2, 0.25) is 5.89 Å². The lowest BCUT2D eigenvalue weighted by molar-refractivity contribution is 0.0983. The van der Waals surface area contributed by atoms with Crippen molar-refractivity contribution < 1.29 is 9.32 Å². The Labute approximate surface area is 124 Å². The van der Waals surface area contributed by atoms with E-state index in [1.165, 1.54) is 19.3 Å². The van der Waals surface area contributed by atoms with E-state index >= 15 is 0 Å². The first-order chi connectivity index (χ1) is 10.3. The molecular formula is C16H19N3O2. The van der Waals surface area contributed by atoms with Crippen LogP contribution in [0.5, 0.6) is 0 Å². The van der Waals surface area contributed by atoms with E-state index in [4.69, 9.17) is 4.52 Å². The highest BCUT2D eigenvalue weighted by Crippen LogP contribution is 2.12. The zero-order valence-electron chi connectivity index (χ0n) is 12.0. The van der Waals surface area contributed by atoms with Crippen LogP contribution in [-0.2, 0) is 13.0 Å². The summed E-state index contributed by atoms with van der Waals surface area (Å²) in [4.78, 5) is 18.7. The summed E-state index contributed by atoms with van der Waals surface area (Å²) in [7, 11) is 0. The highest BCUT2D eigenvalue weighted by Gasteiger charge is 2.16. The van der Waals surface area contributed by atoms with Gasteiger partial charge < -0.3 is 4.52 Å². The third-order valence-corrected chi connectivity index (χ3v) is 3.73. The maximum atomic E-state index is 12.1. The minimum Gasteiger partial charge on any atom is -0.339 e. The molecule has 0 bridgehead atoms. The van der Waals surface area contributed by atoms with E-state index in [0.29, 0.717) is 23.8 Å². The third-order valence-electron chi connectivity index (χ3n) is 3.73. The van der Waals surface area contributed by atoms with E-state index in [9.17, 15) is 4.79 Å². The van der Waals surface area contributed by atoms with Gasteiger partial charge in [0.05, 0.1) is 13.0 Å². The second-order valence-corrected chi connectivity index (χ2v) is 5.41. The molecule has 5 heteroatoms. The summed E-state index contributed by atoms with van der Waals surface area (Å²) in [6, 6.07) is 9.19. The Kier molecular flexibility index (Phi) is 4.40. The molecule has 1 fully saturated rings. The SMILES string of the molecule is O=C(Cc1nc(CN2CCCCC2)no1)c1ccccc1. The Balaban J connectivity index is 1.58. The lowest BCUT2D eigenvalue weighted by Crippen LogP contribution is -2.29. The van der Waals surface area contributed by atoms with Gasteiger partial charge in [-0.1, -0.05) is 41.9 Å². The van der Waals surface area contributed by atoms with E-state index in [2.05, 4.69) is 15.0 Å². The molecule has 110 valence electrons. The van der Waals surface area contributed by atoms with Crippen molar-refractivity contribution in [1.82, 2.24) is 15.0 Å². The minimum atomic E-state index is 0.00349. The predicted molar refractivity (Wildman–Crippen MR) is 77.9 cm³/mol. The lowest BCUT2D eigenvalue weighted by atomic mass is 10.1. The fourth-order valence-corrected chi connectivity index (χ4v) is 2.61. The van der Waals surface area contributed by atoms with Crippen LogP contribution in [0.3, 0.4) is 0 Å². The molecule has 0 unspecified atom stereocenters. The van der Waals surface area contributed by atoms with E-state index in [1.807, 2.05) is 18.2 Å². The zero-order chi connectivity index (χ0) is 14.5.